The molecule has 1 aromatic carbocycles. The van der Waals surface area contributed by atoms with Gasteiger partial charge in [0.05, 0.1) is 11.5 Å². The Bertz CT molecular complexity index is 776. The molecule has 3 atom stereocenters. The number of hydrogen-bond acceptors (Lipinski definition) is 3. The van der Waals surface area contributed by atoms with Crippen LogP contribution in [0.5, 0.6) is 0 Å². The van der Waals surface area contributed by atoms with Crippen molar-refractivity contribution in [2.75, 3.05) is 11.4 Å². The second-order valence-electron chi connectivity index (χ2n) is 9.80. The number of anilines is 1. The van der Waals surface area contributed by atoms with Crippen LogP contribution in [0.1, 0.15) is 59.4 Å². The molecular formula is C22H29NO3. The molecule has 0 unspecified atom stereocenters. The fourth-order valence-corrected chi connectivity index (χ4v) is 5.19. The molecule has 1 amide bonds. The first-order valence-electron chi connectivity index (χ1n) is 9.71. The number of piperidine rings is 1. The Morgan fingerprint density at radius 1 is 1.15 bits per heavy atom. The average molecular weight is 355 g/mol. The first-order valence-corrected chi connectivity index (χ1v) is 9.71. The van der Waals surface area contributed by atoms with Gasteiger partial charge in [-0.15, -0.1) is 0 Å². The second-order valence-corrected chi connectivity index (χ2v) is 9.80. The first kappa shape index (κ1) is 17.7. The van der Waals surface area contributed by atoms with Crippen molar-refractivity contribution in [3.63, 3.8) is 0 Å². The van der Waals surface area contributed by atoms with Gasteiger partial charge in [-0.1, -0.05) is 39.0 Å². The first-order chi connectivity index (χ1) is 12.1. The number of rotatable bonds is 1. The molecule has 4 heteroatoms. The average Bonchev–Trinajstić information content (AvgIpc) is 2.51. The highest BCUT2D eigenvalue weighted by atomic mass is 16.5. The van der Waals surface area contributed by atoms with Crippen LogP contribution in [-0.2, 0) is 19.7 Å². The highest BCUT2D eigenvalue weighted by Gasteiger charge is 2.70. The van der Waals surface area contributed by atoms with Crippen molar-refractivity contribution < 1.29 is 14.3 Å². The Morgan fingerprint density at radius 3 is 2.54 bits per heavy atom. The van der Waals surface area contributed by atoms with Crippen molar-refractivity contribution in [2.45, 2.75) is 70.5 Å². The number of amides is 1. The van der Waals surface area contributed by atoms with E-state index >= 15 is 0 Å². The summed E-state index contributed by atoms with van der Waals surface area (Å²) in [6.07, 6.45) is 2.09. The number of ketones is 1. The van der Waals surface area contributed by atoms with E-state index in [1.165, 1.54) is 0 Å². The summed E-state index contributed by atoms with van der Waals surface area (Å²) in [4.78, 5) is 28.3. The van der Waals surface area contributed by atoms with E-state index in [-0.39, 0.29) is 28.9 Å². The van der Waals surface area contributed by atoms with Crippen molar-refractivity contribution >= 4 is 17.4 Å². The van der Waals surface area contributed by atoms with Gasteiger partial charge in [0.15, 0.2) is 5.60 Å². The molecule has 2 heterocycles. The van der Waals surface area contributed by atoms with Crippen LogP contribution >= 0.6 is 0 Å². The molecule has 4 nitrogen and oxygen atoms in total. The quantitative estimate of drug-likeness (QED) is 0.768. The fraction of sp³-hybridized carbons (Fsp3) is 0.636. The molecule has 0 bridgehead atoms. The Morgan fingerprint density at radius 2 is 1.85 bits per heavy atom. The number of hydrogen-bond donors (Lipinski definition) is 0. The Kier molecular flexibility index (Phi) is 3.69. The van der Waals surface area contributed by atoms with Crippen LogP contribution in [0.15, 0.2) is 24.3 Å². The normalized spacial score (nSPS) is 33.3. The maximum absolute atomic E-state index is 13.7. The van der Waals surface area contributed by atoms with Crippen molar-refractivity contribution in [3.05, 3.63) is 29.8 Å². The lowest BCUT2D eigenvalue weighted by Crippen LogP contribution is -2.75. The summed E-state index contributed by atoms with van der Waals surface area (Å²) in [6.45, 7) is 11.1. The molecule has 0 aromatic heterocycles. The Hall–Kier alpha value is -1.68. The minimum absolute atomic E-state index is 0.0113. The molecule has 1 aliphatic carbocycles. The van der Waals surface area contributed by atoms with Crippen molar-refractivity contribution in [3.8, 4) is 0 Å². The highest BCUT2D eigenvalue weighted by molar-refractivity contribution is 6.06. The van der Waals surface area contributed by atoms with Crippen LogP contribution in [0.3, 0.4) is 0 Å². The molecule has 1 aromatic rings. The van der Waals surface area contributed by atoms with Gasteiger partial charge in [-0.05, 0) is 43.7 Å². The van der Waals surface area contributed by atoms with Gasteiger partial charge in [0.1, 0.15) is 5.78 Å². The van der Waals surface area contributed by atoms with Gasteiger partial charge in [-0.2, -0.15) is 0 Å². The minimum Gasteiger partial charge on any atom is -0.358 e. The zero-order valence-corrected chi connectivity index (χ0v) is 16.5. The topological polar surface area (TPSA) is 46.6 Å². The summed E-state index contributed by atoms with van der Waals surface area (Å²) in [5.74, 6) is 0.0822. The molecule has 26 heavy (non-hydrogen) atoms. The number of benzene rings is 1. The van der Waals surface area contributed by atoms with E-state index in [1.807, 2.05) is 36.9 Å². The third-order valence-electron chi connectivity index (χ3n) is 6.36. The third kappa shape index (κ3) is 2.38. The molecular weight excluding hydrogens is 326 g/mol. The minimum atomic E-state index is -0.942. The number of nitrogens with zero attached hydrogens (tertiary/aromatic N) is 1. The lowest BCUT2D eigenvalue weighted by Gasteiger charge is -2.62. The van der Waals surface area contributed by atoms with E-state index in [4.69, 9.17) is 4.74 Å². The zero-order chi connectivity index (χ0) is 18.9. The van der Waals surface area contributed by atoms with Crippen LogP contribution in [0.2, 0.25) is 0 Å². The molecule has 3 aliphatic rings. The lowest BCUT2D eigenvalue weighted by molar-refractivity contribution is -0.256. The summed E-state index contributed by atoms with van der Waals surface area (Å²) in [5, 5.41) is 0. The van der Waals surface area contributed by atoms with Crippen LogP contribution in [-0.4, -0.2) is 29.4 Å². The van der Waals surface area contributed by atoms with Crippen LogP contribution < -0.4 is 4.90 Å². The molecule has 140 valence electrons. The number of Topliss-reactive ketones (excluding diaryl/α,β-unsaturated/α-hetero) is 1. The van der Waals surface area contributed by atoms with E-state index in [0.717, 1.165) is 24.1 Å². The van der Waals surface area contributed by atoms with Gasteiger partial charge in [-0.3, -0.25) is 9.59 Å². The van der Waals surface area contributed by atoms with Crippen molar-refractivity contribution in [1.29, 1.82) is 0 Å². The molecule has 0 radical (unpaired) electrons. The monoisotopic (exact) mass is 355 g/mol. The van der Waals surface area contributed by atoms with Gasteiger partial charge < -0.3 is 9.64 Å². The van der Waals surface area contributed by atoms with Gasteiger partial charge in [0, 0.05) is 24.6 Å². The zero-order valence-electron chi connectivity index (χ0n) is 16.5. The van der Waals surface area contributed by atoms with E-state index in [1.54, 1.807) is 0 Å². The predicted molar refractivity (Wildman–Crippen MR) is 101 cm³/mol. The Labute approximate surface area is 155 Å². The van der Waals surface area contributed by atoms with E-state index < -0.39 is 11.2 Å². The molecule has 3 fully saturated rings. The molecule has 1 spiro atoms. The van der Waals surface area contributed by atoms with Gasteiger partial charge >= 0.3 is 0 Å². The molecule has 2 saturated heterocycles. The maximum atomic E-state index is 13.7. The van der Waals surface area contributed by atoms with Crippen LogP contribution in [0.25, 0.3) is 0 Å². The van der Waals surface area contributed by atoms with E-state index in [9.17, 15) is 9.59 Å². The summed E-state index contributed by atoms with van der Waals surface area (Å²) in [6, 6.07) is 8.13. The number of ether oxygens (including phenoxy) is 1. The predicted octanol–water partition coefficient (Wildman–Crippen LogP) is 3.86. The highest BCUT2D eigenvalue weighted by Crippen LogP contribution is 2.58. The van der Waals surface area contributed by atoms with Crippen LogP contribution in [0.4, 0.5) is 5.69 Å². The van der Waals surface area contributed by atoms with Crippen molar-refractivity contribution in [2.24, 2.45) is 11.8 Å². The lowest BCUT2D eigenvalue weighted by atomic mass is 9.53. The fourth-order valence-electron chi connectivity index (χ4n) is 5.19. The smallest absolute Gasteiger partial charge is 0.260 e. The SMILES string of the molecule is CC1(C)CC(=O)[C@H]2C[C@H]3CCN(c4ccccc4C(C)(C)C)C(=O)[C@@]32O1. The van der Waals surface area contributed by atoms with Gasteiger partial charge in [0.2, 0.25) is 0 Å². The number of para-hydroxylation sites is 1. The summed E-state index contributed by atoms with van der Waals surface area (Å²) < 4.78 is 6.41. The summed E-state index contributed by atoms with van der Waals surface area (Å²) in [7, 11) is 0. The summed E-state index contributed by atoms with van der Waals surface area (Å²) in [5.41, 5.74) is 0.534. The van der Waals surface area contributed by atoms with Gasteiger partial charge in [0.25, 0.3) is 5.91 Å². The molecule has 4 rings (SSSR count). The summed E-state index contributed by atoms with van der Waals surface area (Å²) >= 11 is 0. The maximum Gasteiger partial charge on any atom is 0.260 e. The second kappa shape index (κ2) is 5.41. The third-order valence-corrected chi connectivity index (χ3v) is 6.36. The number of carbonyl (C=O) groups excluding carboxylic acids is 2. The molecule has 1 saturated carbocycles. The van der Waals surface area contributed by atoms with Gasteiger partial charge in [-0.25, -0.2) is 0 Å². The largest absolute Gasteiger partial charge is 0.358 e. The van der Waals surface area contributed by atoms with E-state index in [2.05, 4.69) is 26.8 Å². The Balaban J connectivity index is 1.77. The van der Waals surface area contributed by atoms with Crippen molar-refractivity contribution in [1.82, 2.24) is 0 Å². The van der Waals surface area contributed by atoms with E-state index in [0.29, 0.717) is 13.0 Å². The molecule has 2 aliphatic heterocycles. The molecule has 0 N–H and O–H groups in total. The standard InChI is InChI=1S/C22H29NO3/c1-20(2,3)15-8-6-7-9-17(15)23-11-10-14-12-16-18(24)13-21(4,5)26-22(14,16)19(23)25/h6-9,14,16H,10-13H2,1-5H3/t14-,16-,22-/m1/s1. The number of carbonyl (C=O) groups is 2. The van der Waals surface area contributed by atoms with Crippen LogP contribution in [0, 0.1) is 11.8 Å².